The summed E-state index contributed by atoms with van der Waals surface area (Å²) in [5.74, 6) is 0.226. The molecule has 13 heteroatoms. The SMILES string of the molecule is COc1cc(/C=C2/C(=N)N3N=C(C(F)(F)F)SC3=NC2=O)ccc1OCCSc1ccc(Cl)cc1. The van der Waals surface area contributed by atoms with Gasteiger partial charge in [-0.3, -0.25) is 10.2 Å². The summed E-state index contributed by atoms with van der Waals surface area (Å²) in [5, 5.41) is 11.5. The van der Waals surface area contributed by atoms with Gasteiger partial charge in [-0.1, -0.05) is 17.7 Å². The average molecular weight is 541 g/mol. The largest absolute Gasteiger partial charge is 0.493 e. The molecular weight excluding hydrogens is 525 g/mol. The number of hydrazone groups is 1. The number of amidine groups is 2. The fourth-order valence-corrected chi connectivity index (χ4v) is 4.62. The molecule has 0 aliphatic carbocycles. The number of amides is 1. The van der Waals surface area contributed by atoms with E-state index in [1.54, 1.807) is 30.0 Å². The highest BCUT2D eigenvalue weighted by molar-refractivity contribution is 8.27. The van der Waals surface area contributed by atoms with E-state index in [1.807, 2.05) is 24.3 Å². The molecule has 2 aromatic carbocycles. The van der Waals surface area contributed by atoms with Crippen LogP contribution in [0.15, 0.2) is 63.0 Å². The smallest absolute Gasteiger partial charge is 0.441 e. The van der Waals surface area contributed by atoms with E-state index in [1.165, 1.54) is 13.2 Å². The fourth-order valence-electron chi connectivity index (χ4n) is 3.01. The van der Waals surface area contributed by atoms with Crippen molar-refractivity contribution in [2.24, 2.45) is 10.1 Å². The number of hydrogen-bond acceptors (Lipinski definition) is 7. The zero-order valence-corrected chi connectivity index (χ0v) is 20.3. The number of aliphatic imine (C=N–C) groups is 1. The molecular formula is C22H16ClF3N4O3S2. The average Bonchev–Trinajstić information content (AvgIpc) is 3.26. The van der Waals surface area contributed by atoms with Gasteiger partial charge in [-0.05, 0) is 59.8 Å². The van der Waals surface area contributed by atoms with Gasteiger partial charge in [-0.15, -0.1) is 11.8 Å². The highest BCUT2D eigenvalue weighted by Gasteiger charge is 2.46. The predicted molar refractivity (Wildman–Crippen MR) is 132 cm³/mol. The van der Waals surface area contributed by atoms with Crippen LogP contribution in [0.1, 0.15) is 5.56 Å². The van der Waals surface area contributed by atoms with E-state index >= 15 is 0 Å². The molecule has 0 spiro atoms. The number of nitrogens with one attached hydrogen (secondary N) is 1. The molecule has 4 rings (SSSR count). The fraction of sp³-hybridized carbons (Fsp3) is 0.182. The molecule has 2 aliphatic heterocycles. The Labute approximate surface area is 211 Å². The standard InChI is InChI=1S/C22H16ClF3N4O3S2/c1-32-17-11-12(2-7-16(17)33-8-9-34-14-5-3-13(23)4-6-14)10-15-18(27)30-21(28-19(15)31)35-20(29-30)22(24,25)26/h2-7,10-11,27H,8-9H2,1H3/b15-10-,27-18?. The number of carbonyl (C=O) groups is 1. The van der Waals surface area contributed by atoms with Gasteiger partial charge >= 0.3 is 6.18 Å². The summed E-state index contributed by atoms with van der Waals surface area (Å²) in [6.45, 7) is 0.400. The number of hydrogen-bond donors (Lipinski definition) is 1. The molecule has 0 fully saturated rings. The predicted octanol–water partition coefficient (Wildman–Crippen LogP) is 5.70. The van der Waals surface area contributed by atoms with Gasteiger partial charge in [0.1, 0.15) is 0 Å². The lowest BCUT2D eigenvalue weighted by Gasteiger charge is -2.20. The summed E-state index contributed by atoms with van der Waals surface area (Å²) in [6, 6.07) is 12.3. The van der Waals surface area contributed by atoms with Crippen molar-refractivity contribution in [3.8, 4) is 11.5 Å². The Kier molecular flexibility index (Phi) is 7.43. The van der Waals surface area contributed by atoms with Crippen molar-refractivity contribution in [3.63, 3.8) is 0 Å². The van der Waals surface area contributed by atoms with Gasteiger partial charge in [0, 0.05) is 15.7 Å². The van der Waals surface area contributed by atoms with E-state index in [0.717, 1.165) is 4.90 Å². The van der Waals surface area contributed by atoms with E-state index < -0.39 is 23.0 Å². The van der Waals surface area contributed by atoms with Gasteiger partial charge < -0.3 is 9.47 Å². The van der Waals surface area contributed by atoms with Crippen LogP contribution in [0.5, 0.6) is 11.5 Å². The molecule has 0 saturated carbocycles. The maximum atomic E-state index is 13.0. The zero-order chi connectivity index (χ0) is 25.2. The lowest BCUT2D eigenvalue weighted by molar-refractivity contribution is -0.114. The van der Waals surface area contributed by atoms with Crippen molar-refractivity contribution < 1.29 is 27.4 Å². The maximum Gasteiger partial charge on any atom is 0.441 e. The van der Waals surface area contributed by atoms with Crippen molar-refractivity contribution in [3.05, 3.63) is 58.6 Å². The number of rotatable bonds is 7. The number of thioether (sulfide) groups is 2. The quantitative estimate of drug-likeness (QED) is 0.275. The molecule has 1 N–H and O–H groups in total. The Morgan fingerprint density at radius 3 is 2.63 bits per heavy atom. The van der Waals surface area contributed by atoms with E-state index in [2.05, 4.69) is 10.1 Å². The Bertz CT molecular complexity index is 1260. The van der Waals surface area contributed by atoms with Crippen LogP contribution < -0.4 is 9.47 Å². The molecule has 0 atom stereocenters. The van der Waals surface area contributed by atoms with Crippen LogP contribution in [0, 0.1) is 5.41 Å². The van der Waals surface area contributed by atoms with E-state index in [-0.39, 0.29) is 22.5 Å². The first-order valence-corrected chi connectivity index (χ1v) is 12.1. The molecule has 7 nitrogen and oxygen atoms in total. The van der Waals surface area contributed by atoms with Crippen LogP contribution in [0.2, 0.25) is 5.02 Å². The lowest BCUT2D eigenvalue weighted by Crippen LogP contribution is -2.35. The molecule has 2 aliphatic rings. The second-order valence-corrected chi connectivity index (χ2v) is 9.54. The zero-order valence-electron chi connectivity index (χ0n) is 17.9. The Hall–Kier alpha value is -2.96. The van der Waals surface area contributed by atoms with Crippen LogP contribution >= 0.6 is 35.1 Å². The minimum Gasteiger partial charge on any atom is -0.493 e. The third-order valence-corrected chi connectivity index (χ3v) is 6.80. The molecule has 2 aromatic rings. The first-order valence-electron chi connectivity index (χ1n) is 9.92. The molecule has 0 unspecified atom stereocenters. The topological polar surface area (TPSA) is 87.3 Å². The van der Waals surface area contributed by atoms with Gasteiger partial charge in [0.05, 0.1) is 19.3 Å². The van der Waals surface area contributed by atoms with Crippen LogP contribution in [-0.4, -0.2) is 52.6 Å². The second-order valence-electron chi connectivity index (χ2n) is 6.98. The van der Waals surface area contributed by atoms with E-state index in [0.29, 0.717) is 39.5 Å². The van der Waals surface area contributed by atoms with Crippen molar-refractivity contribution >= 4 is 63.2 Å². The van der Waals surface area contributed by atoms with Crippen LogP contribution in [-0.2, 0) is 4.79 Å². The number of carbonyl (C=O) groups excluding carboxylic acids is 1. The van der Waals surface area contributed by atoms with Crippen molar-refractivity contribution in [2.75, 3.05) is 19.5 Å². The molecule has 35 heavy (non-hydrogen) atoms. The number of methoxy groups -OCH3 is 1. The van der Waals surface area contributed by atoms with Crippen LogP contribution in [0.4, 0.5) is 13.2 Å². The molecule has 0 bridgehead atoms. The number of nitrogens with zero attached hydrogens (tertiary/aromatic N) is 3. The number of alkyl halides is 3. The van der Waals surface area contributed by atoms with E-state index in [4.69, 9.17) is 26.5 Å². The second kappa shape index (κ2) is 10.3. The lowest BCUT2D eigenvalue weighted by atomic mass is 10.1. The third-order valence-electron chi connectivity index (χ3n) is 4.62. The van der Waals surface area contributed by atoms with Crippen molar-refractivity contribution in [1.82, 2.24) is 5.01 Å². The number of ether oxygens (including phenoxy) is 2. The Balaban J connectivity index is 1.45. The van der Waals surface area contributed by atoms with Gasteiger partial charge in [0.15, 0.2) is 17.3 Å². The molecule has 1 amide bonds. The third kappa shape index (κ3) is 5.82. The highest BCUT2D eigenvalue weighted by atomic mass is 35.5. The summed E-state index contributed by atoms with van der Waals surface area (Å²) in [6.07, 6.45) is -3.35. The van der Waals surface area contributed by atoms with Crippen molar-refractivity contribution in [2.45, 2.75) is 11.1 Å². The summed E-state index contributed by atoms with van der Waals surface area (Å²) in [4.78, 5) is 17.1. The van der Waals surface area contributed by atoms with E-state index in [9.17, 15) is 18.0 Å². The molecule has 0 saturated heterocycles. The first kappa shape index (κ1) is 25.1. The van der Waals surface area contributed by atoms with Gasteiger partial charge in [-0.2, -0.15) is 28.3 Å². The molecule has 2 heterocycles. The summed E-state index contributed by atoms with van der Waals surface area (Å²) in [7, 11) is 1.46. The minimum absolute atomic E-state index is 0.198. The summed E-state index contributed by atoms with van der Waals surface area (Å²) < 4.78 is 50.1. The summed E-state index contributed by atoms with van der Waals surface area (Å²) >= 11 is 7.69. The van der Waals surface area contributed by atoms with Crippen LogP contribution in [0.25, 0.3) is 6.08 Å². The Morgan fingerprint density at radius 2 is 1.94 bits per heavy atom. The molecule has 182 valence electrons. The van der Waals surface area contributed by atoms with Gasteiger partial charge in [0.2, 0.25) is 10.2 Å². The molecule has 0 aromatic heterocycles. The van der Waals surface area contributed by atoms with Crippen LogP contribution in [0.3, 0.4) is 0 Å². The summed E-state index contributed by atoms with van der Waals surface area (Å²) in [5.41, 5.74) is 0.278. The first-order chi connectivity index (χ1) is 16.7. The number of fused-ring (bicyclic) bond motifs is 1. The Morgan fingerprint density at radius 1 is 1.20 bits per heavy atom. The monoisotopic (exact) mass is 540 g/mol. The number of halogens is 4. The number of benzene rings is 2. The molecule has 0 radical (unpaired) electrons. The normalized spacial score (nSPS) is 16.8. The van der Waals surface area contributed by atoms with Gasteiger partial charge in [-0.25, -0.2) is 0 Å². The van der Waals surface area contributed by atoms with Crippen molar-refractivity contribution in [1.29, 1.82) is 5.41 Å². The minimum atomic E-state index is -4.70. The highest BCUT2D eigenvalue weighted by Crippen LogP contribution is 2.36. The maximum absolute atomic E-state index is 13.0. The van der Waals surface area contributed by atoms with Gasteiger partial charge in [0.25, 0.3) is 5.91 Å².